The fraction of sp³-hybridized carbons (Fsp3) is 0.333. The fourth-order valence-corrected chi connectivity index (χ4v) is 3.43. The van der Waals surface area contributed by atoms with Crippen molar-refractivity contribution >= 4 is 34.8 Å². The summed E-state index contributed by atoms with van der Waals surface area (Å²) in [6.07, 6.45) is -4.63. The number of piperazine rings is 1. The van der Waals surface area contributed by atoms with Gasteiger partial charge >= 0.3 is 18.0 Å². The van der Waals surface area contributed by atoms with Crippen LogP contribution in [0.2, 0.25) is 5.02 Å². The van der Waals surface area contributed by atoms with Gasteiger partial charge in [0.1, 0.15) is 0 Å². The normalized spacial score (nSPS) is 14.9. The van der Waals surface area contributed by atoms with Gasteiger partial charge in [-0.1, -0.05) is 23.7 Å². The summed E-state index contributed by atoms with van der Waals surface area (Å²) in [6, 6.07) is 12.1. The SMILES string of the molecule is O=C(NCCN1CCN(c2ccc(Cl)cc2)CC1)C(=O)Nc1ccccc1C(F)(F)F. The Labute approximate surface area is 183 Å². The number of nitrogens with one attached hydrogen (secondary N) is 2. The molecule has 2 aromatic carbocycles. The summed E-state index contributed by atoms with van der Waals surface area (Å²) >= 11 is 5.91. The van der Waals surface area contributed by atoms with E-state index in [1.807, 2.05) is 29.6 Å². The number of halogens is 4. The first-order valence-electron chi connectivity index (χ1n) is 9.72. The lowest BCUT2D eigenvalue weighted by Gasteiger charge is -2.36. The molecule has 2 amide bonds. The molecule has 0 aromatic heterocycles. The summed E-state index contributed by atoms with van der Waals surface area (Å²) in [5.74, 6) is -2.11. The minimum absolute atomic E-state index is 0.216. The van der Waals surface area contributed by atoms with Gasteiger partial charge in [-0.05, 0) is 36.4 Å². The third-order valence-corrected chi connectivity index (χ3v) is 5.22. The number of rotatable bonds is 5. The van der Waals surface area contributed by atoms with Gasteiger partial charge in [0.05, 0.1) is 11.3 Å². The molecule has 3 rings (SSSR count). The first-order valence-corrected chi connectivity index (χ1v) is 10.1. The number of carbonyl (C=O) groups is 2. The number of anilines is 2. The van der Waals surface area contributed by atoms with Gasteiger partial charge in [0.2, 0.25) is 0 Å². The lowest BCUT2D eigenvalue weighted by molar-refractivity contribution is -0.138. The summed E-state index contributed by atoms with van der Waals surface area (Å²) in [7, 11) is 0. The average molecular weight is 455 g/mol. The molecule has 0 aliphatic carbocycles. The molecule has 1 aliphatic rings. The van der Waals surface area contributed by atoms with Crippen molar-refractivity contribution in [3.63, 3.8) is 0 Å². The molecule has 10 heteroatoms. The number of hydrogen-bond acceptors (Lipinski definition) is 4. The lowest BCUT2D eigenvalue weighted by Crippen LogP contribution is -2.49. The van der Waals surface area contributed by atoms with Crippen LogP contribution in [0.15, 0.2) is 48.5 Å². The highest BCUT2D eigenvalue weighted by molar-refractivity contribution is 6.39. The van der Waals surface area contributed by atoms with E-state index in [0.29, 0.717) is 11.6 Å². The lowest BCUT2D eigenvalue weighted by atomic mass is 10.1. The van der Waals surface area contributed by atoms with Crippen molar-refractivity contribution in [1.29, 1.82) is 0 Å². The topological polar surface area (TPSA) is 64.7 Å². The highest BCUT2D eigenvalue weighted by atomic mass is 35.5. The molecule has 1 aliphatic heterocycles. The second-order valence-corrected chi connectivity index (χ2v) is 7.49. The summed E-state index contributed by atoms with van der Waals surface area (Å²) in [6.45, 7) is 3.93. The Hall–Kier alpha value is -2.78. The van der Waals surface area contributed by atoms with E-state index in [9.17, 15) is 22.8 Å². The predicted molar refractivity (Wildman–Crippen MR) is 113 cm³/mol. The Bertz CT molecular complexity index is 914. The Morgan fingerprint density at radius 1 is 0.935 bits per heavy atom. The van der Waals surface area contributed by atoms with Gasteiger partial charge in [0.15, 0.2) is 0 Å². The fourth-order valence-electron chi connectivity index (χ4n) is 3.31. The van der Waals surface area contributed by atoms with Crippen LogP contribution in [-0.4, -0.2) is 56.0 Å². The first kappa shape index (κ1) is 22.9. The Morgan fingerprint density at radius 3 is 2.23 bits per heavy atom. The van der Waals surface area contributed by atoms with Crippen LogP contribution in [0.25, 0.3) is 0 Å². The van der Waals surface area contributed by atoms with Gasteiger partial charge in [-0.15, -0.1) is 0 Å². The maximum Gasteiger partial charge on any atom is 0.418 e. The Morgan fingerprint density at radius 2 is 1.58 bits per heavy atom. The zero-order chi connectivity index (χ0) is 22.4. The standard InChI is InChI=1S/C21H22ClF3N4O2/c22-15-5-7-16(8-6-15)29-13-11-28(12-14-29)10-9-26-19(30)20(31)27-18-4-2-1-3-17(18)21(23,24)25/h1-8H,9-14H2,(H,26,30)(H,27,31). The number of alkyl halides is 3. The summed E-state index contributed by atoms with van der Waals surface area (Å²) in [4.78, 5) is 28.3. The van der Waals surface area contributed by atoms with Gasteiger partial charge < -0.3 is 15.5 Å². The van der Waals surface area contributed by atoms with E-state index in [4.69, 9.17) is 11.6 Å². The van der Waals surface area contributed by atoms with Crippen LogP contribution in [0, 0.1) is 0 Å². The van der Waals surface area contributed by atoms with Crippen molar-refractivity contribution < 1.29 is 22.8 Å². The second-order valence-electron chi connectivity index (χ2n) is 7.06. The number of para-hydroxylation sites is 1. The van der Waals surface area contributed by atoms with Crippen LogP contribution in [0.4, 0.5) is 24.5 Å². The summed E-state index contributed by atoms with van der Waals surface area (Å²) in [5, 5.41) is 5.17. The minimum Gasteiger partial charge on any atom is -0.369 e. The molecule has 0 saturated carbocycles. The van der Waals surface area contributed by atoms with Gasteiger partial charge in [0, 0.05) is 50.0 Å². The molecule has 0 unspecified atom stereocenters. The van der Waals surface area contributed by atoms with Crippen molar-refractivity contribution in [2.24, 2.45) is 0 Å². The van der Waals surface area contributed by atoms with Crippen LogP contribution in [0.1, 0.15) is 5.56 Å². The molecule has 6 nitrogen and oxygen atoms in total. The van der Waals surface area contributed by atoms with Crippen molar-refractivity contribution in [1.82, 2.24) is 10.2 Å². The van der Waals surface area contributed by atoms with E-state index in [0.717, 1.165) is 44.0 Å². The molecule has 0 bridgehead atoms. The van der Waals surface area contributed by atoms with E-state index >= 15 is 0 Å². The van der Waals surface area contributed by atoms with Gasteiger partial charge in [0.25, 0.3) is 0 Å². The predicted octanol–water partition coefficient (Wildman–Crippen LogP) is 3.24. The smallest absolute Gasteiger partial charge is 0.369 e. The molecule has 2 aromatic rings. The quantitative estimate of drug-likeness (QED) is 0.681. The molecular formula is C21H22ClF3N4O2. The van der Waals surface area contributed by atoms with Crippen LogP contribution < -0.4 is 15.5 Å². The molecule has 166 valence electrons. The van der Waals surface area contributed by atoms with Gasteiger partial charge in [-0.2, -0.15) is 13.2 Å². The monoisotopic (exact) mass is 454 g/mol. The van der Waals surface area contributed by atoms with Crippen molar-refractivity contribution in [3.05, 3.63) is 59.1 Å². The highest BCUT2D eigenvalue weighted by Gasteiger charge is 2.34. The van der Waals surface area contributed by atoms with Crippen molar-refractivity contribution in [2.75, 3.05) is 49.5 Å². The maximum atomic E-state index is 13.0. The van der Waals surface area contributed by atoms with E-state index in [1.54, 1.807) is 0 Å². The van der Waals surface area contributed by atoms with Gasteiger partial charge in [-0.3, -0.25) is 14.5 Å². The number of hydrogen-bond donors (Lipinski definition) is 2. The molecule has 31 heavy (non-hydrogen) atoms. The molecular weight excluding hydrogens is 433 g/mol. The van der Waals surface area contributed by atoms with E-state index in [1.165, 1.54) is 12.1 Å². The third kappa shape index (κ3) is 6.35. The largest absolute Gasteiger partial charge is 0.418 e. The number of benzene rings is 2. The Balaban J connectivity index is 1.42. The first-order chi connectivity index (χ1) is 14.7. The van der Waals surface area contributed by atoms with Crippen LogP contribution >= 0.6 is 11.6 Å². The van der Waals surface area contributed by atoms with E-state index < -0.39 is 29.2 Å². The second kappa shape index (κ2) is 10.0. The Kier molecular flexibility index (Phi) is 7.40. The summed E-state index contributed by atoms with van der Waals surface area (Å²) < 4.78 is 39.0. The molecule has 0 spiro atoms. The minimum atomic E-state index is -4.63. The number of carbonyl (C=O) groups excluding carboxylic acids is 2. The maximum absolute atomic E-state index is 13.0. The van der Waals surface area contributed by atoms with Crippen LogP contribution in [-0.2, 0) is 15.8 Å². The van der Waals surface area contributed by atoms with Crippen LogP contribution in [0.3, 0.4) is 0 Å². The molecule has 0 atom stereocenters. The van der Waals surface area contributed by atoms with E-state index in [-0.39, 0.29) is 6.54 Å². The van der Waals surface area contributed by atoms with E-state index in [2.05, 4.69) is 15.1 Å². The molecule has 1 saturated heterocycles. The van der Waals surface area contributed by atoms with Gasteiger partial charge in [-0.25, -0.2) is 0 Å². The molecule has 2 N–H and O–H groups in total. The summed E-state index contributed by atoms with van der Waals surface area (Å²) in [5.41, 5.74) is -0.364. The third-order valence-electron chi connectivity index (χ3n) is 4.96. The number of nitrogens with zero attached hydrogens (tertiary/aromatic N) is 2. The number of amides is 2. The zero-order valence-corrected chi connectivity index (χ0v) is 17.3. The zero-order valence-electron chi connectivity index (χ0n) is 16.6. The molecule has 1 heterocycles. The van der Waals surface area contributed by atoms with Crippen molar-refractivity contribution in [3.8, 4) is 0 Å². The van der Waals surface area contributed by atoms with Crippen molar-refractivity contribution in [2.45, 2.75) is 6.18 Å². The highest BCUT2D eigenvalue weighted by Crippen LogP contribution is 2.34. The molecule has 0 radical (unpaired) electrons. The average Bonchev–Trinajstić information content (AvgIpc) is 2.74. The van der Waals surface area contributed by atoms with Crippen LogP contribution in [0.5, 0.6) is 0 Å². The molecule has 1 fully saturated rings.